The first kappa shape index (κ1) is 13.2. The van der Waals surface area contributed by atoms with Crippen molar-refractivity contribution in [2.24, 2.45) is 0 Å². The number of hydrogen-bond acceptors (Lipinski definition) is 2. The number of halogens is 2. The molecule has 2 nitrogen and oxygen atoms in total. The fourth-order valence-corrected chi connectivity index (χ4v) is 3.11. The van der Waals surface area contributed by atoms with E-state index in [9.17, 15) is 8.78 Å². The van der Waals surface area contributed by atoms with Gasteiger partial charge < -0.3 is 4.90 Å². The predicted molar refractivity (Wildman–Crippen MR) is 82.9 cm³/mol. The fraction of sp³-hybridized carbons (Fsp3) is 0.167. The summed E-state index contributed by atoms with van der Waals surface area (Å²) >= 11 is 0. The smallest absolute Gasteiger partial charge is 0.125 e. The van der Waals surface area contributed by atoms with Gasteiger partial charge in [-0.25, -0.2) is 8.78 Å². The molecule has 0 bridgehead atoms. The summed E-state index contributed by atoms with van der Waals surface area (Å²) in [4.78, 5) is 6.48. The molecule has 3 aromatic rings. The molecule has 0 aliphatic carbocycles. The summed E-state index contributed by atoms with van der Waals surface area (Å²) in [6, 6.07) is 11.6. The molecule has 0 saturated carbocycles. The number of anilines is 1. The average molecular weight is 296 g/mol. The second-order valence-electron chi connectivity index (χ2n) is 5.58. The summed E-state index contributed by atoms with van der Waals surface area (Å²) in [5.74, 6) is -0.464. The lowest BCUT2D eigenvalue weighted by Gasteiger charge is -2.31. The molecular formula is C18H14F2N2. The van der Waals surface area contributed by atoms with Crippen LogP contribution < -0.4 is 4.90 Å². The highest BCUT2D eigenvalue weighted by Crippen LogP contribution is 2.30. The van der Waals surface area contributed by atoms with Gasteiger partial charge in [-0.05, 0) is 47.9 Å². The molecule has 2 aromatic carbocycles. The van der Waals surface area contributed by atoms with Gasteiger partial charge in [0, 0.05) is 36.4 Å². The van der Waals surface area contributed by atoms with Crippen LogP contribution >= 0.6 is 0 Å². The zero-order valence-electron chi connectivity index (χ0n) is 11.9. The molecule has 0 saturated heterocycles. The number of rotatable bonds is 1. The molecule has 110 valence electrons. The van der Waals surface area contributed by atoms with E-state index in [0.717, 1.165) is 41.7 Å². The van der Waals surface area contributed by atoms with Crippen LogP contribution in [0.4, 0.5) is 14.5 Å². The minimum absolute atomic E-state index is 0.183. The van der Waals surface area contributed by atoms with Crippen molar-refractivity contribution in [2.75, 3.05) is 11.4 Å². The monoisotopic (exact) mass is 296 g/mol. The number of pyridine rings is 1. The van der Waals surface area contributed by atoms with E-state index in [1.807, 2.05) is 12.1 Å². The summed E-state index contributed by atoms with van der Waals surface area (Å²) in [7, 11) is 0. The van der Waals surface area contributed by atoms with Crippen molar-refractivity contribution in [3.8, 4) is 0 Å². The maximum absolute atomic E-state index is 13.4. The zero-order chi connectivity index (χ0) is 15.1. The van der Waals surface area contributed by atoms with Crippen molar-refractivity contribution >= 4 is 16.6 Å². The number of fused-ring (bicyclic) bond motifs is 2. The van der Waals surface area contributed by atoms with Gasteiger partial charge in [0.15, 0.2) is 0 Å². The van der Waals surface area contributed by atoms with Gasteiger partial charge in [-0.1, -0.05) is 6.07 Å². The molecule has 22 heavy (non-hydrogen) atoms. The minimum Gasteiger partial charge on any atom is -0.366 e. The third-order valence-electron chi connectivity index (χ3n) is 4.20. The first-order chi connectivity index (χ1) is 10.7. The third-order valence-corrected chi connectivity index (χ3v) is 4.20. The van der Waals surface area contributed by atoms with Gasteiger partial charge in [-0.3, -0.25) is 4.98 Å². The molecule has 0 atom stereocenters. The number of hydrogen-bond donors (Lipinski definition) is 0. The van der Waals surface area contributed by atoms with Gasteiger partial charge in [-0.2, -0.15) is 0 Å². The average Bonchev–Trinajstić information content (AvgIpc) is 2.53. The van der Waals surface area contributed by atoms with E-state index in [1.54, 1.807) is 18.3 Å². The molecule has 4 heteroatoms. The van der Waals surface area contributed by atoms with Gasteiger partial charge in [0.1, 0.15) is 11.6 Å². The predicted octanol–water partition coefficient (Wildman–Crippen LogP) is 4.08. The van der Waals surface area contributed by atoms with Crippen molar-refractivity contribution in [1.82, 2.24) is 4.98 Å². The molecule has 4 rings (SSSR count). The summed E-state index contributed by atoms with van der Waals surface area (Å²) < 4.78 is 26.7. The quantitative estimate of drug-likeness (QED) is 0.673. The molecule has 0 fully saturated rings. The van der Waals surface area contributed by atoms with E-state index in [0.29, 0.717) is 5.52 Å². The van der Waals surface area contributed by atoms with Crippen LogP contribution in [0.25, 0.3) is 10.9 Å². The van der Waals surface area contributed by atoms with Crippen LogP contribution in [0.15, 0.2) is 48.7 Å². The first-order valence-corrected chi connectivity index (χ1v) is 7.27. The lowest BCUT2D eigenvalue weighted by molar-refractivity contribution is 0.619. The molecule has 2 heterocycles. The van der Waals surface area contributed by atoms with Crippen LogP contribution in [-0.2, 0) is 13.0 Å². The summed E-state index contributed by atoms with van der Waals surface area (Å²) in [5.41, 5.74) is 3.91. The van der Waals surface area contributed by atoms with Crippen molar-refractivity contribution < 1.29 is 8.78 Å². The van der Waals surface area contributed by atoms with Crippen molar-refractivity contribution in [3.05, 3.63) is 71.4 Å². The lowest BCUT2D eigenvalue weighted by Crippen LogP contribution is -2.30. The highest BCUT2D eigenvalue weighted by Gasteiger charge is 2.18. The van der Waals surface area contributed by atoms with Crippen molar-refractivity contribution in [2.45, 2.75) is 13.0 Å². The van der Waals surface area contributed by atoms with E-state index in [1.165, 1.54) is 18.2 Å². The Kier molecular flexibility index (Phi) is 3.03. The number of benzene rings is 2. The molecule has 1 aliphatic rings. The van der Waals surface area contributed by atoms with Crippen LogP contribution in [0.2, 0.25) is 0 Å². The third kappa shape index (κ3) is 2.21. The SMILES string of the molecule is Fc1ccc2c(c1)CCN(c1ccnc3cc(F)ccc13)C2. The Morgan fingerprint density at radius 3 is 2.64 bits per heavy atom. The molecule has 0 spiro atoms. The highest BCUT2D eigenvalue weighted by molar-refractivity contribution is 5.91. The molecule has 0 amide bonds. The molecule has 1 aliphatic heterocycles. The Morgan fingerprint density at radius 1 is 0.909 bits per heavy atom. The van der Waals surface area contributed by atoms with Gasteiger partial charge in [0.25, 0.3) is 0 Å². The molecule has 0 N–H and O–H groups in total. The van der Waals surface area contributed by atoms with Crippen molar-refractivity contribution in [1.29, 1.82) is 0 Å². The van der Waals surface area contributed by atoms with Gasteiger partial charge in [-0.15, -0.1) is 0 Å². The van der Waals surface area contributed by atoms with Gasteiger partial charge in [0.2, 0.25) is 0 Å². The van der Waals surface area contributed by atoms with E-state index in [2.05, 4.69) is 9.88 Å². The summed E-state index contributed by atoms with van der Waals surface area (Å²) in [6.45, 7) is 1.54. The standard InChI is InChI=1S/C18H14F2N2/c19-14-2-1-13-11-22(8-6-12(13)9-14)18-5-7-21-17-10-15(20)3-4-16(17)18/h1-5,7,9-10H,6,8,11H2. The fourth-order valence-electron chi connectivity index (χ4n) is 3.11. The maximum atomic E-state index is 13.4. The van der Waals surface area contributed by atoms with E-state index >= 15 is 0 Å². The van der Waals surface area contributed by atoms with Gasteiger partial charge >= 0.3 is 0 Å². The zero-order valence-corrected chi connectivity index (χ0v) is 11.9. The van der Waals surface area contributed by atoms with Crippen LogP contribution in [0.5, 0.6) is 0 Å². The Hall–Kier alpha value is -2.49. The minimum atomic E-state index is -0.281. The highest BCUT2D eigenvalue weighted by atomic mass is 19.1. The van der Waals surface area contributed by atoms with Crippen molar-refractivity contribution in [3.63, 3.8) is 0 Å². The number of nitrogens with zero attached hydrogens (tertiary/aromatic N) is 2. The molecule has 1 aromatic heterocycles. The Balaban J connectivity index is 1.76. The van der Waals surface area contributed by atoms with Gasteiger partial charge in [0.05, 0.1) is 5.52 Å². The Labute approximate surface area is 127 Å². The number of aromatic nitrogens is 1. The largest absolute Gasteiger partial charge is 0.366 e. The van der Waals surface area contributed by atoms with Crippen LogP contribution in [-0.4, -0.2) is 11.5 Å². The Bertz CT molecular complexity index is 861. The topological polar surface area (TPSA) is 16.1 Å². The second kappa shape index (κ2) is 5.05. The molecule has 0 unspecified atom stereocenters. The second-order valence-corrected chi connectivity index (χ2v) is 5.58. The van der Waals surface area contributed by atoms with E-state index in [-0.39, 0.29) is 11.6 Å². The Morgan fingerprint density at radius 2 is 1.73 bits per heavy atom. The van der Waals surface area contributed by atoms with E-state index in [4.69, 9.17) is 0 Å². The lowest BCUT2D eigenvalue weighted by atomic mass is 9.98. The molecular weight excluding hydrogens is 282 g/mol. The van der Waals surface area contributed by atoms with Crippen LogP contribution in [0, 0.1) is 11.6 Å². The van der Waals surface area contributed by atoms with E-state index < -0.39 is 0 Å². The normalized spacial score (nSPS) is 14.2. The van der Waals surface area contributed by atoms with Crippen LogP contribution in [0.3, 0.4) is 0 Å². The summed E-state index contributed by atoms with van der Waals surface area (Å²) in [5, 5.41) is 0.939. The first-order valence-electron chi connectivity index (χ1n) is 7.27. The van der Waals surface area contributed by atoms with Crippen LogP contribution in [0.1, 0.15) is 11.1 Å². The molecule has 0 radical (unpaired) electrons. The maximum Gasteiger partial charge on any atom is 0.125 e. The summed E-state index contributed by atoms with van der Waals surface area (Å²) in [6.07, 6.45) is 2.51.